The Morgan fingerprint density at radius 2 is 1.48 bits per heavy atom. The van der Waals surface area contributed by atoms with Gasteiger partial charge in [0.2, 0.25) is 0 Å². The molecule has 31 heavy (non-hydrogen) atoms. The third-order valence-corrected chi connectivity index (χ3v) is 7.60. The summed E-state index contributed by atoms with van der Waals surface area (Å²) in [5.74, 6) is 1.82. The third kappa shape index (κ3) is 3.60. The molecule has 0 atom stereocenters. The van der Waals surface area contributed by atoms with Gasteiger partial charge in [0.1, 0.15) is 5.75 Å². The number of aryl methyl sites for hydroxylation is 1. The summed E-state index contributed by atoms with van der Waals surface area (Å²) in [4.78, 5) is 34.8. The maximum Gasteiger partial charge on any atom is 0.386 e. The molecule has 0 heterocycles. The molecule has 4 aliphatic carbocycles. The van der Waals surface area contributed by atoms with Crippen molar-refractivity contribution in [3.05, 3.63) is 64.7 Å². The monoisotopic (exact) mass is 420 g/mol. The molecular formula is C26H28O5. The van der Waals surface area contributed by atoms with E-state index in [1.54, 1.807) is 38.3 Å². The summed E-state index contributed by atoms with van der Waals surface area (Å²) in [5.41, 5.74) is 2.70. The molecule has 4 bridgehead atoms. The largest absolute Gasteiger partial charge is 0.496 e. The Balaban J connectivity index is 1.37. The van der Waals surface area contributed by atoms with Crippen LogP contribution in [0.2, 0.25) is 0 Å². The molecule has 4 aliphatic rings. The lowest BCUT2D eigenvalue weighted by atomic mass is 9.48. The molecule has 0 radical (unpaired) electrons. The first-order chi connectivity index (χ1) is 15.0. The first-order valence-corrected chi connectivity index (χ1v) is 11.1. The van der Waals surface area contributed by atoms with Gasteiger partial charge in [0, 0.05) is 5.56 Å². The second-order valence-corrected chi connectivity index (χ2v) is 9.67. The highest BCUT2D eigenvalue weighted by atomic mass is 17.2. The molecule has 4 fully saturated rings. The number of hydrogen-bond acceptors (Lipinski definition) is 5. The first-order valence-electron chi connectivity index (χ1n) is 11.1. The molecule has 2 aromatic carbocycles. The zero-order chi connectivity index (χ0) is 21.6. The fourth-order valence-electron chi connectivity index (χ4n) is 6.66. The van der Waals surface area contributed by atoms with Gasteiger partial charge in [-0.25, -0.2) is 19.4 Å². The van der Waals surface area contributed by atoms with Crippen LogP contribution in [0.5, 0.6) is 5.75 Å². The molecule has 0 aromatic heterocycles. The average molecular weight is 421 g/mol. The molecule has 5 nitrogen and oxygen atoms in total. The molecule has 162 valence electrons. The lowest BCUT2D eigenvalue weighted by molar-refractivity contribution is -0.187. The molecule has 0 saturated heterocycles. The summed E-state index contributed by atoms with van der Waals surface area (Å²) in [6.07, 6.45) is 7.52. The maximum absolute atomic E-state index is 12.7. The molecule has 0 aliphatic heterocycles. The van der Waals surface area contributed by atoms with Crippen molar-refractivity contribution in [2.75, 3.05) is 7.11 Å². The van der Waals surface area contributed by atoms with Crippen LogP contribution in [0.1, 0.15) is 70.4 Å². The Kier molecular flexibility index (Phi) is 4.99. The number of hydrogen-bond donors (Lipinski definition) is 0. The lowest BCUT2D eigenvalue weighted by Gasteiger charge is -2.57. The normalized spacial score (nSPS) is 28.3. The SMILES string of the molecule is COc1ccc(C(=O)OOC(=O)c2ccccc2C)cc1C12CC3CC(CC(C3)C1)C2. The van der Waals surface area contributed by atoms with Crippen molar-refractivity contribution in [3.8, 4) is 5.75 Å². The second-order valence-electron chi connectivity index (χ2n) is 9.67. The van der Waals surface area contributed by atoms with Crippen molar-refractivity contribution in [3.63, 3.8) is 0 Å². The molecule has 0 spiro atoms. The second kappa shape index (κ2) is 7.70. The standard InChI is InChI=1S/C26H28O5/c1-16-5-3-4-6-21(16)25(28)31-30-24(27)20-7-8-23(29-2)22(12-20)26-13-17-9-18(14-26)11-19(10-17)15-26/h3-8,12,17-19H,9-11,13-15H2,1-2H3. The average Bonchev–Trinajstić information content (AvgIpc) is 2.76. The maximum atomic E-state index is 12.7. The van der Waals surface area contributed by atoms with Crippen molar-refractivity contribution < 1.29 is 24.1 Å². The molecular weight excluding hydrogens is 392 g/mol. The van der Waals surface area contributed by atoms with Crippen molar-refractivity contribution in [2.45, 2.75) is 50.9 Å². The van der Waals surface area contributed by atoms with Gasteiger partial charge in [0.05, 0.1) is 18.2 Å². The summed E-state index contributed by atoms with van der Waals surface area (Å²) in [6, 6.07) is 12.4. The fourth-order valence-corrected chi connectivity index (χ4v) is 6.66. The van der Waals surface area contributed by atoms with Crippen LogP contribution < -0.4 is 4.74 Å². The van der Waals surface area contributed by atoms with E-state index in [4.69, 9.17) is 14.5 Å². The van der Waals surface area contributed by atoms with Crippen LogP contribution in [-0.4, -0.2) is 19.0 Å². The van der Waals surface area contributed by atoms with Crippen LogP contribution in [0.25, 0.3) is 0 Å². The number of ether oxygens (including phenoxy) is 1. The van der Waals surface area contributed by atoms with Gasteiger partial charge in [-0.05, 0) is 98.4 Å². The van der Waals surface area contributed by atoms with Crippen LogP contribution in [0.3, 0.4) is 0 Å². The van der Waals surface area contributed by atoms with E-state index in [1.165, 1.54) is 19.3 Å². The van der Waals surface area contributed by atoms with E-state index in [0.717, 1.165) is 53.9 Å². The van der Waals surface area contributed by atoms with Gasteiger partial charge in [-0.3, -0.25) is 0 Å². The predicted molar refractivity (Wildman–Crippen MR) is 115 cm³/mol. The lowest BCUT2D eigenvalue weighted by Crippen LogP contribution is -2.48. The Bertz CT molecular complexity index is 989. The van der Waals surface area contributed by atoms with Gasteiger partial charge in [-0.15, -0.1) is 0 Å². The van der Waals surface area contributed by atoms with E-state index < -0.39 is 11.9 Å². The van der Waals surface area contributed by atoms with Crippen molar-refractivity contribution in [2.24, 2.45) is 17.8 Å². The molecule has 0 unspecified atom stereocenters. The number of benzene rings is 2. The molecule has 0 amide bonds. The summed E-state index contributed by atoms with van der Waals surface area (Å²) >= 11 is 0. The topological polar surface area (TPSA) is 61.8 Å². The number of rotatable bonds is 4. The van der Waals surface area contributed by atoms with Crippen LogP contribution in [-0.2, 0) is 15.2 Å². The highest BCUT2D eigenvalue weighted by molar-refractivity contribution is 5.93. The number of carbonyl (C=O) groups is 2. The molecule has 2 aromatic rings. The Hall–Kier alpha value is -2.82. The van der Waals surface area contributed by atoms with Gasteiger partial charge in [-0.1, -0.05) is 18.2 Å². The summed E-state index contributed by atoms with van der Waals surface area (Å²) in [7, 11) is 1.68. The molecule has 5 heteroatoms. The van der Waals surface area contributed by atoms with Crippen molar-refractivity contribution in [1.82, 2.24) is 0 Å². The first kappa shape index (κ1) is 20.1. The van der Waals surface area contributed by atoms with E-state index in [9.17, 15) is 9.59 Å². The van der Waals surface area contributed by atoms with E-state index in [1.807, 2.05) is 18.2 Å². The van der Waals surface area contributed by atoms with E-state index in [-0.39, 0.29) is 5.41 Å². The summed E-state index contributed by atoms with van der Waals surface area (Å²) in [6.45, 7) is 1.81. The predicted octanol–water partition coefficient (Wildman–Crippen LogP) is 5.40. The van der Waals surface area contributed by atoms with Crippen LogP contribution >= 0.6 is 0 Å². The number of carbonyl (C=O) groups excluding carboxylic acids is 2. The smallest absolute Gasteiger partial charge is 0.386 e. The summed E-state index contributed by atoms with van der Waals surface area (Å²) < 4.78 is 5.70. The quantitative estimate of drug-likeness (QED) is 0.490. The van der Waals surface area contributed by atoms with Crippen LogP contribution in [0.15, 0.2) is 42.5 Å². The highest BCUT2D eigenvalue weighted by Crippen LogP contribution is 2.61. The van der Waals surface area contributed by atoms with Crippen LogP contribution in [0, 0.1) is 24.7 Å². The Morgan fingerprint density at radius 3 is 2.10 bits per heavy atom. The minimum Gasteiger partial charge on any atom is -0.496 e. The zero-order valence-electron chi connectivity index (χ0n) is 18.1. The minimum absolute atomic E-state index is 0.0776. The van der Waals surface area contributed by atoms with E-state index >= 15 is 0 Å². The van der Waals surface area contributed by atoms with E-state index in [0.29, 0.717) is 11.1 Å². The highest BCUT2D eigenvalue weighted by Gasteiger charge is 2.52. The van der Waals surface area contributed by atoms with Gasteiger partial charge < -0.3 is 4.74 Å². The molecule has 4 saturated carbocycles. The Morgan fingerprint density at radius 1 is 0.871 bits per heavy atom. The fraction of sp³-hybridized carbons (Fsp3) is 0.462. The van der Waals surface area contributed by atoms with Crippen LogP contribution in [0.4, 0.5) is 0 Å². The number of methoxy groups -OCH3 is 1. The van der Waals surface area contributed by atoms with Crippen molar-refractivity contribution >= 4 is 11.9 Å². The zero-order valence-corrected chi connectivity index (χ0v) is 18.1. The Labute approximate surface area is 182 Å². The van der Waals surface area contributed by atoms with E-state index in [2.05, 4.69) is 0 Å². The molecule has 6 rings (SSSR count). The summed E-state index contributed by atoms with van der Waals surface area (Å²) in [5, 5.41) is 0. The van der Waals surface area contributed by atoms with Gasteiger partial charge in [0.25, 0.3) is 0 Å². The minimum atomic E-state index is -0.679. The van der Waals surface area contributed by atoms with Gasteiger partial charge in [-0.2, -0.15) is 0 Å². The van der Waals surface area contributed by atoms with Crippen molar-refractivity contribution in [1.29, 1.82) is 0 Å². The van der Waals surface area contributed by atoms with Gasteiger partial charge in [0.15, 0.2) is 0 Å². The molecule has 0 N–H and O–H groups in total. The van der Waals surface area contributed by atoms with Gasteiger partial charge >= 0.3 is 11.9 Å². The third-order valence-electron chi connectivity index (χ3n) is 7.60.